The molecular weight excluding hydrogens is 374 g/mol. The monoisotopic (exact) mass is 414 g/mol. The standard InChI is InChI=1S/4C3H9P.Pd/c4*1-4(2)3;/h4*1-3H3;/q;;;;-4/p+4. The van der Waals surface area contributed by atoms with Crippen LogP contribution in [0.1, 0.15) is 0 Å². The molecule has 5 heteroatoms. The fourth-order valence-corrected chi connectivity index (χ4v) is 227. The molecule has 0 aromatic heterocycles. The van der Waals surface area contributed by atoms with Crippen LogP contribution in [0.5, 0.6) is 0 Å². The molecule has 0 fully saturated rings. The Balaban J connectivity index is 6.37. The minimum atomic E-state index is -1.19. The van der Waals surface area contributed by atoms with Crippen LogP contribution in [-0.4, -0.2) is 80.0 Å². The molecule has 0 heterocycles. The first-order valence-corrected chi connectivity index (χ1v) is 29.2. The summed E-state index contributed by atoms with van der Waals surface area (Å²) >= 11 is -1.19. The van der Waals surface area contributed by atoms with E-state index >= 15 is 0 Å². The Labute approximate surface area is 115 Å². The second-order valence-electron chi connectivity index (χ2n) is 8.37. The van der Waals surface area contributed by atoms with Crippen LogP contribution < -0.4 is 0 Å². The van der Waals surface area contributed by atoms with Crippen molar-refractivity contribution in [1.82, 2.24) is 0 Å². The molecule has 17 heavy (non-hydrogen) atoms. The van der Waals surface area contributed by atoms with Gasteiger partial charge in [-0.25, -0.2) is 0 Å². The Kier molecular flexibility index (Phi) is 6.04. The molecule has 0 aliphatic carbocycles. The molecule has 0 aliphatic rings. The van der Waals surface area contributed by atoms with Crippen LogP contribution >= 0.6 is 21.8 Å². The summed E-state index contributed by atoms with van der Waals surface area (Å²) < 4.78 is 0. The number of hydrogen-bond donors (Lipinski definition) is 0. The van der Waals surface area contributed by atoms with Gasteiger partial charge in [-0.15, -0.1) is 0 Å². The van der Waals surface area contributed by atoms with Crippen molar-refractivity contribution in [3.05, 3.63) is 0 Å². The van der Waals surface area contributed by atoms with E-state index in [1.54, 1.807) is 0 Å². The van der Waals surface area contributed by atoms with Crippen molar-refractivity contribution in [3.8, 4) is 0 Å². The summed E-state index contributed by atoms with van der Waals surface area (Å²) in [5.74, 6) is 0. The second-order valence-corrected chi connectivity index (χ2v) is 76.9. The van der Waals surface area contributed by atoms with Gasteiger partial charge in [-0.1, -0.05) is 0 Å². The van der Waals surface area contributed by atoms with Gasteiger partial charge < -0.3 is 0 Å². The number of hydrogen-bond acceptors (Lipinski definition) is 0. The summed E-state index contributed by atoms with van der Waals surface area (Å²) in [5, 5.41) is 0. The van der Waals surface area contributed by atoms with E-state index in [0.29, 0.717) is 0 Å². The van der Waals surface area contributed by atoms with Crippen LogP contribution in [0, 0.1) is 0 Å². The van der Waals surface area contributed by atoms with E-state index in [0.717, 1.165) is 0 Å². The summed E-state index contributed by atoms with van der Waals surface area (Å²) in [4.78, 5) is 0. The van der Waals surface area contributed by atoms with Crippen LogP contribution in [0.2, 0.25) is 0 Å². The molecule has 0 nitrogen and oxygen atoms in total. The van der Waals surface area contributed by atoms with Crippen LogP contribution in [0.25, 0.3) is 0 Å². The first-order valence-electron chi connectivity index (χ1n) is 6.63. The van der Waals surface area contributed by atoms with Gasteiger partial charge in [0.15, 0.2) is 0 Å². The van der Waals surface area contributed by atoms with Gasteiger partial charge in [0, 0.05) is 0 Å². The molecule has 0 saturated carbocycles. The molecule has 0 unspecified atom stereocenters. The van der Waals surface area contributed by atoms with Gasteiger partial charge in [-0.2, -0.15) is 0 Å². The zero-order valence-corrected chi connectivity index (χ0v) is 19.9. The molecule has 0 saturated heterocycles. The maximum atomic E-state index is 2.72. The van der Waals surface area contributed by atoms with Crippen molar-refractivity contribution in [1.29, 1.82) is 0 Å². The van der Waals surface area contributed by atoms with E-state index < -0.39 is 35.4 Å². The minimum absolute atomic E-state index is 1.01. The molecule has 0 spiro atoms. The average molecular weight is 415 g/mol. The van der Waals surface area contributed by atoms with Gasteiger partial charge in [0.1, 0.15) is 0 Å². The Hall–Kier alpha value is 2.38. The van der Waals surface area contributed by atoms with Crippen molar-refractivity contribution in [2.45, 2.75) is 0 Å². The van der Waals surface area contributed by atoms with Crippen molar-refractivity contribution < 1.29 is 13.6 Å². The topological polar surface area (TPSA) is 0 Å². The third kappa shape index (κ3) is 3.35. The normalized spacial score (nSPS) is 24.7. The van der Waals surface area contributed by atoms with E-state index in [2.05, 4.69) is 80.0 Å². The van der Waals surface area contributed by atoms with Crippen molar-refractivity contribution in [3.63, 3.8) is 0 Å². The molecule has 0 bridgehead atoms. The summed E-state index contributed by atoms with van der Waals surface area (Å²) in [6, 6.07) is 0. The molecule has 0 amide bonds. The summed E-state index contributed by atoms with van der Waals surface area (Å²) in [6.07, 6.45) is 0. The summed E-state index contributed by atoms with van der Waals surface area (Å²) in [7, 11) is 0. The SMILES string of the molecule is C[PH](C)(C)[Pd]([PH](C)(C)C)([PH](C)(C)C)[PH](C)(C)C. The second kappa shape index (κ2) is 5.30. The van der Waals surface area contributed by atoms with Crippen molar-refractivity contribution >= 4 is 21.8 Å². The number of rotatable bonds is 4. The van der Waals surface area contributed by atoms with Crippen LogP contribution in [0.4, 0.5) is 0 Å². The van der Waals surface area contributed by atoms with E-state index in [4.69, 9.17) is 0 Å². The zero-order valence-electron chi connectivity index (χ0n) is 14.3. The van der Waals surface area contributed by atoms with Crippen molar-refractivity contribution in [2.24, 2.45) is 0 Å². The van der Waals surface area contributed by atoms with Gasteiger partial charge in [0.25, 0.3) is 0 Å². The third-order valence-electron chi connectivity index (χ3n) is 2.85. The molecule has 0 N–H and O–H groups in total. The first kappa shape index (κ1) is 19.4. The Morgan fingerprint density at radius 2 is 0.471 bits per heavy atom. The predicted octanol–water partition coefficient (Wildman–Crippen LogP) is 4.36. The van der Waals surface area contributed by atoms with Crippen LogP contribution in [0.3, 0.4) is 0 Å². The van der Waals surface area contributed by atoms with Crippen LogP contribution in [-0.2, 0) is 13.6 Å². The van der Waals surface area contributed by atoms with Crippen LogP contribution in [0.15, 0.2) is 0 Å². The van der Waals surface area contributed by atoms with Gasteiger partial charge >= 0.3 is 115 Å². The molecule has 0 aromatic rings. The van der Waals surface area contributed by atoms with E-state index in [9.17, 15) is 0 Å². The Morgan fingerprint density at radius 3 is 0.471 bits per heavy atom. The quantitative estimate of drug-likeness (QED) is 0.474. The van der Waals surface area contributed by atoms with Gasteiger partial charge in [-0.05, 0) is 0 Å². The fourth-order valence-electron chi connectivity index (χ4n) is 4.27. The Bertz CT molecular complexity index is 211. The Morgan fingerprint density at radius 1 is 0.353 bits per heavy atom. The molecule has 118 valence electrons. The van der Waals surface area contributed by atoms with E-state index in [-0.39, 0.29) is 0 Å². The maximum absolute atomic E-state index is 2.72. The molecule has 0 atom stereocenters. The zero-order chi connectivity index (χ0) is 14.5. The summed E-state index contributed by atoms with van der Waals surface area (Å²) in [5.41, 5.74) is -4.03. The van der Waals surface area contributed by atoms with Gasteiger partial charge in [0.05, 0.1) is 0 Å². The molecule has 0 aliphatic heterocycles. The summed E-state index contributed by atoms with van der Waals surface area (Å²) in [6.45, 7) is 32.7. The molecule has 0 aromatic carbocycles. The fraction of sp³-hybridized carbons (Fsp3) is 1.00. The van der Waals surface area contributed by atoms with Gasteiger partial charge in [0.2, 0.25) is 0 Å². The van der Waals surface area contributed by atoms with E-state index in [1.807, 2.05) is 0 Å². The third-order valence-corrected chi connectivity index (χ3v) is 152. The van der Waals surface area contributed by atoms with E-state index in [1.165, 1.54) is 0 Å². The molecule has 0 rings (SSSR count). The molecule has 0 radical (unpaired) electrons. The van der Waals surface area contributed by atoms with Crippen molar-refractivity contribution in [2.75, 3.05) is 80.0 Å². The average Bonchev–Trinajstić information content (AvgIpc) is 1.67. The predicted molar refractivity (Wildman–Crippen MR) is 104 cm³/mol. The first-order chi connectivity index (χ1) is 7.00. The molecular formula is C12H40P4Pd. The van der Waals surface area contributed by atoms with Gasteiger partial charge in [-0.3, -0.25) is 0 Å².